The van der Waals surface area contributed by atoms with Gasteiger partial charge in [-0.15, -0.1) is 11.3 Å². The highest BCUT2D eigenvalue weighted by Gasteiger charge is 2.21. The van der Waals surface area contributed by atoms with Crippen molar-refractivity contribution in [1.29, 1.82) is 0 Å². The molecule has 1 aromatic heterocycles. The minimum absolute atomic E-state index is 0.271. The van der Waals surface area contributed by atoms with E-state index in [0.717, 1.165) is 20.1 Å². The van der Waals surface area contributed by atoms with E-state index in [0.29, 0.717) is 4.47 Å². The van der Waals surface area contributed by atoms with Crippen molar-refractivity contribution in [3.05, 3.63) is 67.7 Å². The van der Waals surface area contributed by atoms with E-state index >= 15 is 0 Å². The summed E-state index contributed by atoms with van der Waals surface area (Å²) in [4.78, 5) is 0. The van der Waals surface area contributed by atoms with Gasteiger partial charge in [0, 0.05) is 24.8 Å². The fourth-order valence-corrected chi connectivity index (χ4v) is 4.38. The number of hydrogen-bond acceptors (Lipinski definition) is 2. The van der Waals surface area contributed by atoms with Crippen LogP contribution in [-0.4, -0.2) is 5.11 Å². The zero-order chi connectivity index (χ0) is 14.3. The van der Waals surface area contributed by atoms with E-state index in [4.69, 9.17) is 0 Å². The monoisotopic (exact) mass is 414 g/mol. The summed E-state index contributed by atoms with van der Waals surface area (Å²) in [7, 11) is 0. The second-order valence-electron chi connectivity index (χ2n) is 4.35. The number of rotatable bonds is 2. The van der Waals surface area contributed by atoms with Gasteiger partial charge in [-0.1, -0.05) is 34.1 Å². The fraction of sp³-hybridized carbons (Fsp3) is 0.0667. The van der Waals surface area contributed by atoms with Gasteiger partial charge in [-0.3, -0.25) is 0 Å². The van der Waals surface area contributed by atoms with Crippen LogP contribution in [0.1, 0.15) is 17.2 Å². The molecule has 1 N–H and O–H groups in total. The Balaban J connectivity index is 2.18. The Hall–Kier alpha value is -0.750. The van der Waals surface area contributed by atoms with Gasteiger partial charge in [0.15, 0.2) is 0 Å². The first kappa shape index (κ1) is 14.2. The first-order valence-corrected chi connectivity index (χ1v) is 8.33. The Morgan fingerprint density at radius 1 is 1.05 bits per heavy atom. The minimum Gasteiger partial charge on any atom is -0.383 e. The lowest BCUT2D eigenvalue weighted by molar-refractivity contribution is 0.216. The van der Waals surface area contributed by atoms with Crippen molar-refractivity contribution in [1.82, 2.24) is 0 Å². The highest BCUT2D eigenvalue weighted by molar-refractivity contribution is 9.11. The van der Waals surface area contributed by atoms with Gasteiger partial charge < -0.3 is 5.11 Å². The molecule has 2 aromatic carbocycles. The molecular formula is C15H9Br2FOS. The zero-order valence-corrected chi connectivity index (χ0v) is 14.1. The Kier molecular flexibility index (Phi) is 3.95. The van der Waals surface area contributed by atoms with Crippen molar-refractivity contribution in [2.45, 2.75) is 6.10 Å². The van der Waals surface area contributed by atoms with Gasteiger partial charge in [-0.2, -0.15) is 0 Å². The van der Waals surface area contributed by atoms with Gasteiger partial charge in [-0.05, 0) is 44.9 Å². The van der Waals surface area contributed by atoms with Gasteiger partial charge in [-0.25, -0.2) is 4.39 Å². The summed E-state index contributed by atoms with van der Waals surface area (Å²) in [5.41, 5.74) is 0.990. The molecule has 20 heavy (non-hydrogen) atoms. The lowest BCUT2D eigenvalue weighted by atomic mass is 10.0. The average Bonchev–Trinajstić information content (AvgIpc) is 2.83. The van der Waals surface area contributed by atoms with Crippen LogP contribution in [0.25, 0.3) is 10.1 Å². The number of benzene rings is 2. The van der Waals surface area contributed by atoms with E-state index in [1.54, 1.807) is 12.1 Å². The molecular weight excluding hydrogens is 407 g/mol. The Morgan fingerprint density at radius 2 is 1.75 bits per heavy atom. The van der Waals surface area contributed by atoms with Crippen LogP contribution in [0.15, 0.2) is 50.7 Å². The summed E-state index contributed by atoms with van der Waals surface area (Å²) >= 11 is 8.33. The summed E-state index contributed by atoms with van der Waals surface area (Å²) < 4.78 is 16.6. The molecule has 1 unspecified atom stereocenters. The predicted octanol–water partition coefficient (Wildman–Crippen LogP) is 5.65. The Labute approximate surface area is 136 Å². The second kappa shape index (κ2) is 5.56. The van der Waals surface area contributed by atoms with E-state index < -0.39 is 11.9 Å². The lowest BCUT2D eigenvalue weighted by Gasteiger charge is -2.13. The standard InChI is InChI=1S/C15H9Br2FOS/c16-10-4-2-6-12(18)13(10)14(19)9-7-20-15-8(9)3-1-5-11(15)17/h1-7,14,19H. The van der Waals surface area contributed by atoms with E-state index in [1.807, 2.05) is 23.6 Å². The van der Waals surface area contributed by atoms with Gasteiger partial charge >= 0.3 is 0 Å². The van der Waals surface area contributed by atoms with E-state index in [9.17, 15) is 9.50 Å². The van der Waals surface area contributed by atoms with Gasteiger partial charge in [0.2, 0.25) is 0 Å². The summed E-state index contributed by atoms with van der Waals surface area (Å²) in [6, 6.07) is 10.5. The quantitative estimate of drug-likeness (QED) is 0.573. The second-order valence-corrected chi connectivity index (χ2v) is 6.93. The SMILES string of the molecule is OC(c1c(F)cccc1Br)c1csc2c(Br)cccc12. The van der Waals surface area contributed by atoms with Crippen molar-refractivity contribution in [3.8, 4) is 0 Å². The molecule has 0 amide bonds. The van der Waals surface area contributed by atoms with Crippen molar-refractivity contribution in [2.24, 2.45) is 0 Å². The minimum atomic E-state index is -0.992. The predicted molar refractivity (Wildman–Crippen MR) is 87.7 cm³/mol. The van der Waals surface area contributed by atoms with E-state index in [-0.39, 0.29) is 5.56 Å². The Morgan fingerprint density at radius 3 is 2.50 bits per heavy atom. The number of hydrogen-bond donors (Lipinski definition) is 1. The molecule has 0 spiro atoms. The molecule has 0 saturated carbocycles. The Bertz CT molecular complexity index is 764. The van der Waals surface area contributed by atoms with Crippen LogP contribution in [0, 0.1) is 5.82 Å². The van der Waals surface area contributed by atoms with Crippen molar-refractivity contribution >= 4 is 53.3 Å². The van der Waals surface area contributed by atoms with Gasteiger partial charge in [0.25, 0.3) is 0 Å². The third kappa shape index (κ3) is 2.33. The molecule has 0 saturated heterocycles. The van der Waals surface area contributed by atoms with Crippen LogP contribution in [0.3, 0.4) is 0 Å². The molecule has 1 atom stereocenters. The van der Waals surface area contributed by atoms with Crippen LogP contribution in [0.4, 0.5) is 4.39 Å². The maximum atomic E-state index is 14.0. The molecule has 0 aliphatic rings. The molecule has 5 heteroatoms. The maximum absolute atomic E-state index is 14.0. The zero-order valence-electron chi connectivity index (χ0n) is 10.1. The van der Waals surface area contributed by atoms with Crippen molar-refractivity contribution < 1.29 is 9.50 Å². The fourth-order valence-electron chi connectivity index (χ4n) is 2.18. The number of aliphatic hydroxyl groups excluding tert-OH is 1. The normalized spacial score (nSPS) is 12.8. The number of aliphatic hydroxyl groups is 1. The first-order chi connectivity index (χ1) is 9.59. The molecule has 0 fully saturated rings. The topological polar surface area (TPSA) is 20.2 Å². The summed E-state index contributed by atoms with van der Waals surface area (Å²) in [5.74, 6) is -0.416. The van der Waals surface area contributed by atoms with Crippen LogP contribution < -0.4 is 0 Å². The highest BCUT2D eigenvalue weighted by atomic mass is 79.9. The molecule has 3 aromatic rings. The van der Waals surface area contributed by atoms with Gasteiger partial charge in [0.1, 0.15) is 11.9 Å². The number of thiophene rings is 1. The van der Waals surface area contributed by atoms with Crippen LogP contribution >= 0.6 is 43.2 Å². The van der Waals surface area contributed by atoms with Crippen molar-refractivity contribution in [2.75, 3.05) is 0 Å². The molecule has 102 valence electrons. The van der Waals surface area contributed by atoms with Crippen LogP contribution in [0.5, 0.6) is 0 Å². The smallest absolute Gasteiger partial charge is 0.130 e. The molecule has 0 aliphatic heterocycles. The average molecular weight is 416 g/mol. The van der Waals surface area contributed by atoms with E-state index in [1.165, 1.54) is 17.4 Å². The number of fused-ring (bicyclic) bond motifs is 1. The molecule has 0 aliphatic carbocycles. The summed E-state index contributed by atoms with van der Waals surface area (Å²) in [6.45, 7) is 0. The third-order valence-corrected chi connectivity index (χ3v) is 5.81. The molecule has 1 heterocycles. The first-order valence-electron chi connectivity index (χ1n) is 5.87. The third-order valence-electron chi connectivity index (χ3n) is 3.15. The summed E-state index contributed by atoms with van der Waals surface area (Å²) in [6.07, 6.45) is -0.992. The summed E-state index contributed by atoms with van der Waals surface area (Å²) in [5, 5.41) is 13.4. The van der Waals surface area contributed by atoms with Crippen LogP contribution in [0.2, 0.25) is 0 Å². The largest absolute Gasteiger partial charge is 0.383 e. The van der Waals surface area contributed by atoms with Crippen LogP contribution in [-0.2, 0) is 0 Å². The maximum Gasteiger partial charge on any atom is 0.130 e. The highest BCUT2D eigenvalue weighted by Crippen LogP contribution is 2.39. The van der Waals surface area contributed by atoms with Crippen molar-refractivity contribution in [3.63, 3.8) is 0 Å². The number of halogens is 3. The molecule has 3 rings (SSSR count). The lowest BCUT2D eigenvalue weighted by Crippen LogP contribution is -2.03. The molecule has 0 radical (unpaired) electrons. The van der Waals surface area contributed by atoms with E-state index in [2.05, 4.69) is 31.9 Å². The van der Waals surface area contributed by atoms with Gasteiger partial charge in [0.05, 0.1) is 0 Å². The molecule has 0 bridgehead atoms. The molecule has 1 nitrogen and oxygen atoms in total.